The Bertz CT molecular complexity index is 192. The molecule has 0 unspecified atom stereocenters. The fourth-order valence-corrected chi connectivity index (χ4v) is 1.54. The first-order valence-corrected chi connectivity index (χ1v) is 4.67. The van der Waals surface area contributed by atoms with E-state index in [9.17, 15) is 4.79 Å². The van der Waals surface area contributed by atoms with Crippen LogP contribution in [0.4, 0.5) is 0 Å². The average molecular weight is 186 g/mol. The Kier molecular flexibility index (Phi) is 3.27. The third kappa shape index (κ3) is 2.97. The summed E-state index contributed by atoms with van der Waals surface area (Å²) in [5, 5.41) is 3.01. The molecule has 0 bridgehead atoms. The molecular formula is C9H18N2O2. The van der Waals surface area contributed by atoms with Crippen LogP contribution < -0.4 is 5.32 Å². The second kappa shape index (κ2) is 4.07. The molecule has 0 atom stereocenters. The Morgan fingerprint density at radius 3 is 2.77 bits per heavy atom. The zero-order valence-electron chi connectivity index (χ0n) is 8.59. The maximum absolute atomic E-state index is 11.3. The van der Waals surface area contributed by atoms with Crippen molar-refractivity contribution in [1.29, 1.82) is 0 Å². The summed E-state index contributed by atoms with van der Waals surface area (Å²) in [6, 6.07) is 0. The monoisotopic (exact) mass is 186 g/mol. The summed E-state index contributed by atoms with van der Waals surface area (Å²) in [5.41, 5.74) is -0.240. The predicted octanol–water partition coefficient (Wildman–Crippen LogP) is 0.191. The summed E-state index contributed by atoms with van der Waals surface area (Å²) in [7, 11) is 0. The van der Waals surface area contributed by atoms with Crippen molar-refractivity contribution < 1.29 is 9.53 Å². The van der Waals surface area contributed by atoms with Gasteiger partial charge in [-0.2, -0.15) is 0 Å². The van der Waals surface area contributed by atoms with Gasteiger partial charge in [-0.3, -0.25) is 10.1 Å². The van der Waals surface area contributed by atoms with E-state index in [1.807, 2.05) is 20.8 Å². The first-order valence-electron chi connectivity index (χ1n) is 4.67. The lowest BCUT2D eigenvalue weighted by Gasteiger charge is -2.29. The van der Waals surface area contributed by atoms with E-state index < -0.39 is 0 Å². The van der Waals surface area contributed by atoms with Gasteiger partial charge in [0.25, 0.3) is 0 Å². The molecule has 1 amide bonds. The Balaban J connectivity index is 2.42. The molecule has 1 saturated heterocycles. The second-order valence-corrected chi connectivity index (χ2v) is 3.87. The molecule has 0 radical (unpaired) electrons. The lowest BCUT2D eigenvalue weighted by molar-refractivity contribution is -0.130. The van der Waals surface area contributed by atoms with Gasteiger partial charge in [-0.05, 0) is 20.8 Å². The van der Waals surface area contributed by atoms with E-state index in [2.05, 4.69) is 5.32 Å². The van der Waals surface area contributed by atoms with Gasteiger partial charge in [0.1, 0.15) is 0 Å². The Morgan fingerprint density at radius 2 is 2.31 bits per heavy atom. The molecule has 0 spiro atoms. The molecule has 0 aromatic carbocycles. The Hall–Kier alpha value is -0.610. The largest absolute Gasteiger partial charge is 0.374 e. The van der Waals surface area contributed by atoms with Gasteiger partial charge in [0.2, 0.25) is 5.91 Å². The standard InChI is InChI=1S/C9H18N2O2/c1-4-13-9(2,3)6-11-7-10-5-8(11)12/h10H,4-7H2,1-3H3. The van der Waals surface area contributed by atoms with E-state index in [0.717, 1.165) is 0 Å². The molecule has 0 aromatic heterocycles. The van der Waals surface area contributed by atoms with Gasteiger partial charge in [0, 0.05) is 6.61 Å². The molecule has 0 aromatic rings. The van der Waals surface area contributed by atoms with Crippen LogP contribution in [0.5, 0.6) is 0 Å². The molecule has 1 rings (SSSR count). The van der Waals surface area contributed by atoms with E-state index in [4.69, 9.17) is 4.74 Å². The molecule has 76 valence electrons. The normalized spacial score (nSPS) is 18.4. The first kappa shape index (κ1) is 10.5. The van der Waals surface area contributed by atoms with Crippen LogP contribution in [0.25, 0.3) is 0 Å². The lowest BCUT2D eigenvalue weighted by atomic mass is 10.1. The van der Waals surface area contributed by atoms with Gasteiger partial charge in [-0.1, -0.05) is 0 Å². The SMILES string of the molecule is CCOC(C)(C)CN1CNCC1=O. The highest BCUT2D eigenvalue weighted by molar-refractivity contribution is 5.80. The van der Waals surface area contributed by atoms with Crippen LogP contribution >= 0.6 is 0 Å². The highest BCUT2D eigenvalue weighted by Gasteiger charge is 2.27. The van der Waals surface area contributed by atoms with Gasteiger partial charge in [0.15, 0.2) is 0 Å². The summed E-state index contributed by atoms with van der Waals surface area (Å²) in [4.78, 5) is 13.1. The Labute approximate surface area is 79.2 Å². The topological polar surface area (TPSA) is 41.6 Å². The minimum absolute atomic E-state index is 0.160. The summed E-state index contributed by atoms with van der Waals surface area (Å²) < 4.78 is 5.52. The molecule has 1 aliphatic rings. The molecular weight excluding hydrogens is 168 g/mol. The predicted molar refractivity (Wildman–Crippen MR) is 50.3 cm³/mol. The zero-order valence-corrected chi connectivity index (χ0v) is 8.59. The van der Waals surface area contributed by atoms with Gasteiger partial charge < -0.3 is 9.64 Å². The number of ether oxygens (including phenoxy) is 1. The third-order valence-corrected chi connectivity index (χ3v) is 2.04. The van der Waals surface area contributed by atoms with Crippen molar-refractivity contribution in [2.45, 2.75) is 26.4 Å². The van der Waals surface area contributed by atoms with Crippen LogP contribution in [-0.4, -0.2) is 42.8 Å². The molecule has 1 heterocycles. The van der Waals surface area contributed by atoms with Crippen LogP contribution in [0, 0.1) is 0 Å². The number of nitrogens with zero attached hydrogens (tertiary/aromatic N) is 1. The first-order chi connectivity index (χ1) is 6.05. The number of amides is 1. The Morgan fingerprint density at radius 1 is 1.62 bits per heavy atom. The molecule has 4 nitrogen and oxygen atoms in total. The van der Waals surface area contributed by atoms with Crippen LogP contribution in [0.2, 0.25) is 0 Å². The van der Waals surface area contributed by atoms with Crippen molar-refractivity contribution in [2.24, 2.45) is 0 Å². The van der Waals surface area contributed by atoms with Gasteiger partial charge >= 0.3 is 0 Å². The van der Waals surface area contributed by atoms with Gasteiger partial charge in [-0.25, -0.2) is 0 Å². The van der Waals surface area contributed by atoms with Crippen LogP contribution in [0.1, 0.15) is 20.8 Å². The highest BCUT2D eigenvalue weighted by atomic mass is 16.5. The maximum atomic E-state index is 11.3. The average Bonchev–Trinajstić information content (AvgIpc) is 2.35. The van der Waals surface area contributed by atoms with E-state index in [-0.39, 0.29) is 11.5 Å². The number of carbonyl (C=O) groups excluding carboxylic acids is 1. The summed E-state index contributed by atoms with van der Waals surface area (Å²) in [5.74, 6) is 0.160. The summed E-state index contributed by atoms with van der Waals surface area (Å²) >= 11 is 0. The number of rotatable bonds is 4. The smallest absolute Gasteiger partial charge is 0.237 e. The number of hydrogen-bond donors (Lipinski definition) is 1. The van der Waals surface area contributed by atoms with Crippen molar-refractivity contribution in [3.05, 3.63) is 0 Å². The molecule has 4 heteroatoms. The minimum Gasteiger partial charge on any atom is -0.374 e. The van der Waals surface area contributed by atoms with Crippen molar-refractivity contribution in [3.8, 4) is 0 Å². The maximum Gasteiger partial charge on any atom is 0.237 e. The minimum atomic E-state index is -0.240. The van der Waals surface area contributed by atoms with Crippen molar-refractivity contribution in [3.63, 3.8) is 0 Å². The molecule has 1 fully saturated rings. The van der Waals surface area contributed by atoms with Crippen LogP contribution in [0.3, 0.4) is 0 Å². The van der Waals surface area contributed by atoms with Crippen molar-refractivity contribution in [1.82, 2.24) is 10.2 Å². The summed E-state index contributed by atoms with van der Waals surface area (Å²) in [6.45, 7) is 8.42. The second-order valence-electron chi connectivity index (χ2n) is 3.87. The van der Waals surface area contributed by atoms with E-state index in [0.29, 0.717) is 26.4 Å². The molecule has 13 heavy (non-hydrogen) atoms. The lowest BCUT2D eigenvalue weighted by Crippen LogP contribution is -2.42. The number of hydrogen-bond acceptors (Lipinski definition) is 3. The van der Waals surface area contributed by atoms with Gasteiger partial charge in [0.05, 0.1) is 25.4 Å². The third-order valence-electron chi connectivity index (χ3n) is 2.04. The summed E-state index contributed by atoms with van der Waals surface area (Å²) in [6.07, 6.45) is 0. The van der Waals surface area contributed by atoms with Crippen LogP contribution in [-0.2, 0) is 9.53 Å². The zero-order chi connectivity index (χ0) is 9.90. The number of carbonyl (C=O) groups is 1. The van der Waals surface area contributed by atoms with Crippen molar-refractivity contribution >= 4 is 5.91 Å². The molecule has 0 saturated carbocycles. The van der Waals surface area contributed by atoms with E-state index in [1.54, 1.807) is 4.90 Å². The fraction of sp³-hybridized carbons (Fsp3) is 0.889. The highest BCUT2D eigenvalue weighted by Crippen LogP contribution is 2.12. The van der Waals surface area contributed by atoms with Crippen LogP contribution in [0.15, 0.2) is 0 Å². The number of nitrogens with one attached hydrogen (secondary N) is 1. The fourth-order valence-electron chi connectivity index (χ4n) is 1.54. The van der Waals surface area contributed by atoms with E-state index >= 15 is 0 Å². The molecule has 1 N–H and O–H groups in total. The van der Waals surface area contributed by atoms with Gasteiger partial charge in [-0.15, -0.1) is 0 Å². The molecule has 1 aliphatic heterocycles. The molecule has 0 aliphatic carbocycles. The van der Waals surface area contributed by atoms with E-state index in [1.165, 1.54) is 0 Å². The quantitative estimate of drug-likeness (QED) is 0.681. The van der Waals surface area contributed by atoms with Crippen molar-refractivity contribution in [2.75, 3.05) is 26.4 Å².